The third-order valence-electron chi connectivity index (χ3n) is 2.83. The first-order chi connectivity index (χ1) is 9.17. The van der Waals surface area contributed by atoms with Gasteiger partial charge in [0.15, 0.2) is 5.58 Å². The number of nitrogen functional groups attached to an aromatic ring is 1. The lowest BCUT2D eigenvalue weighted by molar-refractivity contribution is 0.417. The topological polar surface area (TPSA) is 61.3 Å². The number of ether oxygens (including phenoxy) is 1. The molecule has 0 aliphatic heterocycles. The van der Waals surface area contributed by atoms with Crippen LogP contribution >= 0.6 is 15.9 Å². The van der Waals surface area contributed by atoms with Gasteiger partial charge in [-0.05, 0) is 36.4 Å². The first-order valence-corrected chi connectivity index (χ1v) is 6.46. The number of oxazole rings is 1. The highest BCUT2D eigenvalue weighted by Crippen LogP contribution is 2.30. The molecule has 0 bridgehead atoms. The molecule has 0 unspecified atom stereocenters. The Kier molecular flexibility index (Phi) is 2.91. The predicted molar refractivity (Wildman–Crippen MR) is 78.1 cm³/mol. The molecule has 4 nitrogen and oxygen atoms in total. The Balaban J connectivity index is 2.11. The SMILES string of the molecule is COc1ccc(-c2nc3cc(Br)ccc3o2)cc1N. The molecule has 0 radical (unpaired) electrons. The van der Waals surface area contributed by atoms with Crippen LogP contribution in [0.4, 0.5) is 5.69 Å². The maximum absolute atomic E-state index is 5.89. The Morgan fingerprint density at radius 3 is 2.79 bits per heavy atom. The number of hydrogen-bond acceptors (Lipinski definition) is 4. The summed E-state index contributed by atoms with van der Waals surface area (Å²) in [5, 5.41) is 0. The van der Waals surface area contributed by atoms with Gasteiger partial charge in [-0.25, -0.2) is 4.98 Å². The number of methoxy groups -OCH3 is 1. The summed E-state index contributed by atoms with van der Waals surface area (Å²) in [4.78, 5) is 4.45. The molecule has 1 aromatic heterocycles. The van der Waals surface area contributed by atoms with Crippen molar-refractivity contribution in [3.05, 3.63) is 40.9 Å². The highest BCUT2D eigenvalue weighted by atomic mass is 79.9. The molecule has 0 amide bonds. The van der Waals surface area contributed by atoms with Gasteiger partial charge in [-0.2, -0.15) is 0 Å². The molecule has 0 saturated carbocycles. The molecule has 2 aromatic carbocycles. The van der Waals surface area contributed by atoms with Crippen LogP contribution in [0.1, 0.15) is 0 Å². The molecule has 96 valence electrons. The van der Waals surface area contributed by atoms with Crippen molar-refractivity contribution in [2.75, 3.05) is 12.8 Å². The second kappa shape index (κ2) is 4.59. The van der Waals surface area contributed by atoms with Crippen LogP contribution in [0.25, 0.3) is 22.6 Å². The van der Waals surface area contributed by atoms with Crippen LogP contribution in [-0.2, 0) is 0 Å². The van der Waals surface area contributed by atoms with E-state index in [1.807, 2.05) is 24.3 Å². The maximum atomic E-state index is 5.89. The number of anilines is 1. The lowest BCUT2D eigenvalue weighted by atomic mass is 10.2. The van der Waals surface area contributed by atoms with Crippen LogP contribution in [-0.4, -0.2) is 12.1 Å². The Morgan fingerprint density at radius 2 is 2.05 bits per heavy atom. The molecule has 3 aromatic rings. The van der Waals surface area contributed by atoms with Gasteiger partial charge in [-0.3, -0.25) is 0 Å². The zero-order chi connectivity index (χ0) is 13.4. The van der Waals surface area contributed by atoms with Gasteiger partial charge < -0.3 is 14.9 Å². The summed E-state index contributed by atoms with van der Waals surface area (Å²) in [5.41, 5.74) is 8.82. The summed E-state index contributed by atoms with van der Waals surface area (Å²) in [6, 6.07) is 11.2. The minimum absolute atomic E-state index is 0.544. The van der Waals surface area contributed by atoms with E-state index in [-0.39, 0.29) is 0 Å². The number of benzene rings is 2. The first kappa shape index (κ1) is 12.0. The molecular formula is C14H11BrN2O2. The summed E-state index contributed by atoms with van der Waals surface area (Å²) in [6.45, 7) is 0. The predicted octanol–water partition coefficient (Wildman–Crippen LogP) is 3.85. The van der Waals surface area contributed by atoms with Gasteiger partial charge in [0.25, 0.3) is 0 Å². The molecule has 2 N–H and O–H groups in total. The van der Waals surface area contributed by atoms with Crippen molar-refractivity contribution < 1.29 is 9.15 Å². The minimum atomic E-state index is 0.544. The Labute approximate surface area is 118 Å². The van der Waals surface area contributed by atoms with Gasteiger partial charge in [0.05, 0.1) is 12.8 Å². The summed E-state index contributed by atoms with van der Waals surface area (Å²) in [6.07, 6.45) is 0. The molecular weight excluding hydrogens is 308 g/mol. The highest BCUT2D eigenvalue weighted by molar-refractivity contribution is 9.10. The monoisotopic (exact) mass is 318 g/mol. The molecule has 5 heteroatoms. The smallest absolute Gasteiger partial charge is 0.227 e. The van der Waals surface area contributed by atoms with E-state index in [4.69, 9.17) is 14.9 Å². The van der Waals surface area contributed by atoms with Crippen LogP contribution in [0.2, 0.25) is 0 Å². The maximum Gasteiger partial charge on any atom is 0.227 e. The number of aromatic nitrogens is 1. The molecule has 0 fully saturated rings. The van der Waals surface area contributed by atoms with Crippen LogP contribution in [0.5, 0.6) is 5.75 Å². The number of nitrogens with two attached hydrogens (primary N) is 1. The Hall–Kier alpha value is -2.01. The molecule has 0 aliphatic carbocycles. The van der Waals surface area contributed by atoms with Crippen molar-refractivity contribution in [3.63, 3.8) is 0 Å². The van der Waals surface area contributed by atoms with Gasteiger partial charge in [-0.15, -0.1) is 0 Å². The second-order valence-electron chi connectivity index (χ2n) is 4.09. The van der Waals surface area contributed by atoms with Crippen molar-refractivity contribution in [1.29, 1.82) is 0 Å². The number of halogens is 1. The normalized spacial score (nSPS) is 10.8. The van der Waals surface area contributed by atoms with Crippen LogP contribution < -0.4 is 10.5 Å². The van der Waals surface area contributed by atoms with Crippen molar-refractivity contribution >= 4 is 32.7 Å². The summed E-state index contributed by atoms with van der Waals surface area (Å²) >= 11 is 3.41. The Bertz CT molecular complexity index is 752. The fourth-order valence-electron chi connectivity index (χ4n) is 1.89. The molecule has 3 rings (SSSR count). The van der Waals surface area contributed by atoms with Gasteiger partial charge in [0.1, 0.15) is 11.3 Å². The third kappa shape index (κ3) is 2.17. The van der Waals surface area contributed by atoms with Crippen molar-refractivity contribution in [2.45, 2.75) is 0 Å². The van der Waals surface area contributed by atoms with Gasteiger partial charge in [-0.1, -0.05) is 15.9 Å². The number of hydrogen-bond donors (Lipinski definition) is 1. The largest absolute Gasteiger partial charge is 0.495 e. The van der Waals surface area contributed by atoms with Crippen molar-refractivity contribution in [3.8, 4) is 17.2 Å². The van der Waals surface area contributed by atoms with E-state index in [1.165, 1.54) is 0 Å². The van der Waals surface area contributed by atoms with Crippen molar-refractivity contribution in [1.82, 2.24) is 4.98 Å². The van der Waals surface area contributed by atoms with Crippen molar-refractivity contribution in [2.24, 2.45) is 0 Å². The molecule has 19 heavy (non-hydrogen) atoms. The van der Waals surface area contributed by atoms with Gasteiger partial charge in [0.2, 0.25) is 5.89 Å². The molecule has 0 saturated heterocycles. The second-order valence-corrected chi connectivity index (χ2v) is 5.00. The minimum Gasteiger partial charge on any atom is -0.495 e. The average molecular weight is 319 g/mol. The van der Waals surface area contributed by atoms with E-state index >= 15 is 0 Å². The number of fused-ring (bicyclic) bond motifs is 1. The lowest BCUT2D eigenvalue weighted by Crippen LogP contribution is -1.92. The molecule has 0 atom stereocenters. The average Bonchev–Trinajstić information content (AvgIpc) is 2.81. The zero-order valence-electron chi connectivity index (χ0n) is 10.2. The fraction of sp³-hybridized carbons (Fsp3) is 0.0714. The fourth-order valence-corrected chi connectivity index (χ4v) is 2.24. The molecule has 0 aliphatic rings. The zero-order valence-corrected chi connectivity index (χ0v) is 11.8. The summed E-state index contributed by atoms with van der Waals surface area (Å²) in [7, 11) is 1.59. The summed E-state index contributed by atoms with van der Waals surface area (Å²) < 4.78 is 11.8. The van der Waals surface area contributed by atoms with E-state index in [1.54, 1.807) is 19.2 Å². The van der Waals surface area contributed by atoms with E-state index in [0.717, 1.165) is 21.1 Å². The standard InChI is InChI=1S/C14H11BrN2O2/c1-18-12-4-2-8(6-10(12)16)14-17-11-7-9(15)3-5-13(11)19-14/h2-7H,16H2,1H3. The van der Waals surface area contributed by atoms with Crippen LogP contribution in [0.15, 0.2) is 45.3 Å². The van der Waals surface area contributed by atoms with Crippen LogP contribution in [0, 0.1) is 0 Å². The lowest BCUT2D eigenvalue weighted by Gasteiger charge is -2.04. The van der Waals surface area contributed by atoms with E-state index < -0.39 is 0 Å². The Morgan fingerprint density at radius 1 is 1.21 bits per heavy atom. The number of rotatable bonds is 2. The van der Waals surface area contributed by atoms with E-state index in [0.29, 0.717) is 17.3 Å². The first-order valence-electron chi connectivity index (χ1n) is 5.67. The summed E-state index contributed by atoms with van der Waals surface area (Å²) in [5.74, 6) is 1.19. The molecule has 0 spiro atoms. The quantitative estimate of drug-likeness (QED) is 0.729. The third-order valence-corrected chi connectivity index (χ3v) is 3.32. The number of nitrogens with zero attached hydrogens (tertiary/aromatic N) is 1. The molecule has 1 heterocycles. The van der Waals surface area contributed by atoms with Gasteiger partial charge >= 0.3 is 0 Å². The van der Waals surface area contributed by atoms with E-state index in [2.05, 4.69) is 20.9 Å². The van der Waals surface area contributed by atoms with E-state index in [9.17, 15) is 0 Å². The van der Waals surface area contributed by atoms with Gasteiger partial charge in [0, 0.05) is 10.0 Å². The van der Waals surface area contributed by atoms with Crippen LogP contribution in [0.3, 0.4) is 0 Å². The highest BCUT2D eigenvalue weighted by Gasteiger charge is 2.10.